The molecule has 1 spiro atoms. The second kappa shape index (κ2) is 18.9. The van der Waals surface area contributed by atoms with Crippen molar-refractivity contribution < 1.29 is 9.53 Å². The number of hydrogen-bond donors (Lipinski definition) is 0. The maximum Gasteiger partial charge on any atom is 0.219 e. The summed E-state index contributed by atoms with van der Waals surface area (Å²) in [6.45, 7) is 12.2. The molecule has 8 heterocycles. The van der Waals surface area contributed by atoms with Crippen molar-refractivity contribution in [1.29, 1.82) is 5.26 Å². The Labute approximate surface area is 405 Å². The molecule has 1 amide bonds. The highest BCUT2D eigenvalue weighted by molar-refractivity contribution is 6.32. The number of aryl methyl sites for hydroxylation is 1. The Morgan fingerprint density at radius 2 is 1.62 bits per heavy atom. The van der Waals surface area contributed by atoms with Gasteiger partial charge in [0.05, 0.1) is 28.0 Å². The van der Waals surface area contributed by atoms with E-state index in [9.17, 15) is 10.1 Å². The molecule has 350 valence electrons. The lowest BCUT2D eigenvalue weighted by atomic mass is 9.76. The number of fused-ring (bicyclic) bond motifs is 2. The lowest BCUT2D eigenvalue weighted by Gasteiger charge is -2.40. The van der Waals surface area contributed by atoms with Crippen LogP contribution in [0, 0.1) is 22.7 Å². The van der Waals surface area contributed by atoms with Crippen LogP contribution >= 0.6 is 11.6 Å². The molecule has 12 heteroatoms. The molecule has 68 heavy (non-hydrogen) atoms. The van der Waals surface area contributed by atoms with Gasteiger partial charge in [-0.05, 0) is 142 Å². The molecule has 11 nitrogen and oxygen atoms in total. The summed E-state index contributed by atoms with van der Waals surface area (Å²) in [5.41, 5.74) is 12.2. The monoisotopic (exact) mass is 927 g/mol. The zero-order valence-electron chi connectivity index (χ0n) is 39.5. The van der Waals surface area contributed by atoms with Gasteiger partial charge in [0.2, 0.25) is 5.91 Å². The second-order valence-corrected chi connectivity index (χ2v) is 20.7. The van der Waals surface area contributed by atoms with Crippen LogP contribution in [0.5, 0.6) is 0 Å². The number of piperidine rings is 2. The van der Waals surface area contributed by atoms with Crippen LogP contribution in [-0.4, -0.2) is 89.1 Å². The number of nitrogens with zero attached hydrogens (tertiary/aromatic N) is 9. The van der Waals surface area contributed by atoms with E-state index >= 15 is 0 Å². The summed E-state index contributed by atoms with van der Waals surface area (Å²) < 4.78 is 7.95. The van der Waals surface area contributed by atoms with Crippen molar-refractivity contribution in [2.24, 2.45) is 11.3 Å². The van der Waals surface area contributed by atoms with Crippen LogP contribution < -0.4 is 14.7 Å². The predicted molar refractivity (Wildman–Crippen MR) is 271 cm³/mol. The van der Waals surface area contributed by atoms with Gasteiger partial charge >= 0.3 is 0 Å². The molecule has 5 aliphatic rings. The van der Waals surface area contributed by atoms with Crippen molar-refractivity contribution in [3.8, 4) is 28.6 Å². The number of carbonyl (C=O) groups is 1. The molecule has 0 radical (unpaired) electrons. The Bertz CT molecular complexity index is 2830. The van der Waals surface area contributed by atoms with Crippen molar-refractivity contribution in [3.05, 3.63) is 119 Å². The maximum absolute atomic E-state index is 12.5. The van der Waals surface area contributed by atoms with E-state index in [4.69, 9.17) is 31.4 Å². The molecule has 0 N–H and O–H groups in total. The molecule has 1 atom stereocenters. The average molecular weight is 929 g/mol. The summed E-state index contributed by atoms with van der Waals surface area (Å²) in [7, 11) is 0. The molecule has 0 unspecified atom stereocenters. The van der Waals surface area contributed by atoms with Gasteiger partial charge in [-0.3, -0.25) is 19.4 Å². The van der Waals surface area contributed by atoms with Crippen molar-refractivity contribution in [2.75, 3.05) is 67.2 Å². The SMILES string of the molecule is CC(=O)N1CCc2c(c(-c3cccc4cc(-c5ccc(CCC6CCN(c7ccc(N8CCC9(CC8)C[C@H](C)N(c8ccc(C#N)c(Cl)c8)C9)cc7)CC6)nc5)ncc34)nn2C2CCOCC2)C1. The lowest BCUT2D eigenvalue weighted by Crippen LogP contribution is -2.41. The van der Waals surface area contributed by atoms with Crippen LogP contribution in [0.3, 0.4) is 0 Å². The van der Waals surface area contributed by atoms with Crippen LogP contribution in [0.25, 0.3) is 33.3 Å². The number of anilines is 3. The van der Waals surface area contributed by atoms with Crippen LogP contribution in [0.15, 0.2) is 91.3 Å². The molecule has 3 aromatic carbocycles. The van der Waals surface area contributed by atoms with Crippen molar-refractivity contribution in [3.63, 3.8) is 0 Å². The Balaban J connectivity index is 0.674. The topological polar surface area (TPSA) is 107 Å². The first-order chi connectivity index (χ1) is 33.2. The van der Waals surface area contributed by atoms with Gasteiger partial charge in [-0.25, -0.2) is 0 Å². The van der Waals surface area contributed by atoms with Gasteiger partial charge in [-0.15, -0.1) is 0 Å². The fourth-order valence-corrected chi connectivity index (χ4v) is 12.4. The summed E-state index contributed by atoms with van der Waals surface area (Å²) in [5.74, 6) is 0.804. The van der Waals surface area contributed by atoms with Crippen molar-refractivity contribution in [1.82, 2.24) is 24.6 Å². The smallest absolute Gasteiger partial charge is 0.219 e. The molecule has 11 rings (SSSR count). The Morgan fingerprint density at radius 1 is 0.868 bits per heavy atom. The first-order valence-electron chi connectivity index (χ1n) is 25.0. The molecule has 3 aromatic heterocycles. The zero-order valence-corrected chi connectivity index (χ0v) is 40.3. The van der Waals surface area contributed by atoms with Crippen molar-refractivity contribution in [2.45, 2.75) is 96.7 Å². The fraction of sp³-hybridized carbons (Fsp3) is 0.446. The van der Waals surface area contributed by atoms with Crippen LogP contribution in [0.1, 0.15) is 93.8 Å². The van der Waals surface area contributed by atoms with E-state index in [1.807, 2.05) is 29.4 Å². The van der Waals surface area contributed by atoms with E-state index in [1.165, 1.54) is 49.2 Å². The summed E-state index contributed by atoms with van der Waals surface area (Å²) in [6, 6.07) is 31.1. The van der Waals surface area contributed by atoms with Crippen molar-refractivity contribution >= 4 is 45.3 Å². The maximum atomic E-state index is 12.5. The largest absolute Gasteiger partial charge is 0.381 e. The molecular formula is C56H62ClN9O2. The number of aromatic nitrogens is 4. The van der Waals surface area contributed by atoms with E-state index in [1.54, 1.807) is 6.92 Å². The number of hydrogen-bond acceptors (Lipinski definition) is 9. The Hall–Kier alpha value is -5.96. The summed E-state index contributed by atoms with van der Waals surface area (Å²) >= 11 is 6.42. The standard InChI is InChI=1S/C56H62ClN9O2/c1-38-32-56(37-65(38)48-11-8-42(33-58)52(57)31-48)21-26-63(27-22-56)46-14-12-45(13-15-46)62-23-16-40(17-24-62)6-9-44-10-7-43(34-59-44)53-30-41-4-3-5-49(50(41)35-60-53)55-51-36-64(39(2)67)25-18-54(51)66(61-55)47-19-28-68-29-20-47/h3-5,7-8,10-15,30-31,34-35,38,40,47H,6,9,16-29,32,36-37H2,1-2H3/t38-/m0/s1. The first kappa shape index (κ1) is 44.5. The molecule has 5 aliphatic heterocycles. The van der Waals surface area contributed by atoms with E-state index < -0.39 is 0 Å². The fourth-order valence-electron chi connectivity index (χ4n) is 12.2. The van der Waals surface area contributed by atoms with E-state index in [2.05, 4.69) is 99.1 Å². The van der Waals surface area contributed by atoms with Gasteiger partial charge in [0.1, 0.15) is 6.07 Å². The average Bonchev–Trinajstić information content (AvgIpc) is 3.92. The number of carbonyl (C=O) groups excluding carboxylic acids is 1. The second-order valence-electron chi connectivity index (χ2n) is 20.3. The van der Waals surface area contributed by atoms with Gasteiger partial charge in [-0.2, -0.15) is 10.4 Å². The number of nitriles is 1. The molecular weight excluding hydrogens is 866 g/mol. The minimum atomic E-state index is 0.104. The summed E-state index contributed by atoms with van der Waals surface area (Å²) in [4.78, 5) is 32.0. The van der Waals surface area contributed by atoms with E-state index in [-0.39, 0.29) is 5.91 Å². The van der Waals surface area contributed by atoms with Crippen LogP contribution in [-0.2, 0) is 28.9 Å². The lowest BCUT2D eigenvalue weighted by molar-refractivity contribution is -0.129. The van der Waals surface area contributed by atoms with Gasteiger partial charge in [0, 0.05) is 141 Å². The summed E-state index contributed by atoms with van der Waals surface area (Å²) in [5, 5.41) is 17.4. The van der Waals surface area contributed by atoms with E-state index in [0.29, 0.717) is 40.5 Å². The number of halogens is 1. The van der Waals surface area contributed by atoms with Crippen LogP contribution in [0.2, 0.25) is 5.02 Å². The van der Waals surface area contributed by atoms with Gasteiger partial charge < -0.3 is 24.3 Å². The van der Waals surface area contributed by atoms with Gasteiger partial charge in [-0.1, -0.05) is 29.8 Å². The number of ether oxygens (including phenoxy) is 1. The number of pyridine rings is 2. The summed E-state index contributed by atoms with van der Waals surface area (Å²) in [6.07, 6.45) is 14.8. The number of benzene rings is 3. The Morgan fingerprint density at radius 3 is 2.32 bits per heavy atom. The molecule has 4 fully saturated rings. The molecule has 0 saturated carbocycles. The predicted octanol–water partition coefficient (Wildman–Crippen LogP) is 10.7. The number of rotatable bonds is 9. The molecule has 6 aromatic rings. The number of amides is 1. The molecule has 4 saturated heterocycles. The molecule has 0 bridgehead atoms. The van der Waals surface area contributed by atoms with E-state index in [0.717, 1.165) is 135 Å². The minimum absolute atomic E-state index is 0.104. The molecule has 0 aliphatic carbocycles. The third kappa shape index (κ3) is 8.82. The third-order valence-corrected chi connectivity index (χ3v) is 16.5. The van der Waals surface area contributed by atoms with Gasteiger partial charge in [0.25, 0.3) is 0 Å². The van der Waals surface area contributed by atoms with Crippen LogP contribution in [0.4, 0.5) is 17.1 Å². The Kier molecular flexibility index (Phi) is 12.3. The van der Waals surface area contributed by atoms with Gasteiger partial charge in [0.15, 0.2) is 0 Å². The normalized spacial score (nSPS) is 20.0. The highest BCUT2D eigenvalue weighted by Crippen LogP contribution is 2.46. The zero-order chi connectivity index (χ0) is 46.4. The quantitative estimate of drug-likeness (QED) is 0.140. The highest BCUT2D eigenvalue weighted by atomic mass is 35.5. The first-order valence-corrected chi connectivity index (χ1v) is 25.4. The third-order valence-electron chi connectivity index (χ3n) is 16.2. The minimum Gasteiger partial charge on any atom is -0.381 e. The highest BCUT2D eigenvalue weighted by Gasteiger charge is 2.44.